The minimum absolute atomic E-state index is 0.0791. The second kappa shape index (κ2) is 49.0. The molecule has 0 aliphatic heterocycles. The average Bonchev–Trinajstić information content (AvgIpc) is 3.24. The zero-order chi connectivity index (χ0) is 43.7. The van der Waals surface area contributed by atoms with Crippen LogP contribution >= 0.6 is 0 Å². The molecule has 0 rings (SSSR count). The van der Waals surface area contributed by atoms with Crippen molar-refractivity contribution in [3.8, 4) is 0 Å². The van der Waals surface area contributed by atoms with Crippen LogP contribution in [0.15, 0.2) is 48.6 Å². The molecule has 0 saturated carbocycles. The van der Waals surface area contributed by atoms with Crippen LogP contribution in [0.1, 0.15) is 258 Å². The standard InChI is InChI=1S/C54H96O6/c1-4-7-10-13-16-19-21-23-25-26-27-28-29-31-32-35-38-41-44-47-53(56)59-50-51(49-58-52(55)46-43-40-37-34-18-15-12-9-6-3)60-54(57)48-45-42-39-36-33-30-24-22-20-17-14-11-8-5-2/h16,19,22-25,27-28,51H,4-15,17-18,20-21,26,29-50H2,1-3H3/b19-16-,24-22-,25-23-,28-27-/t51-/m1/s1. The highest BCUT2D eigenvalue weighted by Crippen LogP contribution is 2.14. The van der Waals surface area contributed by atoms with Crippen LogP contribution in [0.5, 0.6) is 0 Å². The quantitative estimate of drug-likeness (QED) is 0.0263. The lowest BCUT2D eigenvalue weighted by molar-refractivity contribution is -0.167. The molecule has 0 radical (unpaired) electrons. The van der Waals surface area contributed by atoms with Gasteiger partial charge >= 0.3 is 17.9 Å². The summed E-state index contributed by atoms with van der Waals surface area (Å²) < 4.78 is 16.7. The minimum atomic E-state index is -0.778. The van der Waals surface area contributed by atoms with Gasteiger partial charge in [-0.25, -0.2) is 0 Å². The fraction of sp³-hybridized carbons (Fsp3) is 0.796. The van der Waals surface area contributed by atoms with E-state index in [1.165, 1.54) is 128 Å². The summed E-state index contributed by atoms with van der Waals surface area (Å²) in [5.74, 6) is -0.898. The largest absolute Gasteiger partial charge is 0.462 e. The minimum Gasteiger partial charge on any atom is -0.462 e. The predicted octanol–water partition coefficient (Wildman–Crippen LogP) is 16.7. The highest BCUT2D eigenvalue weighted by atomic mass is 16.6. The van der Waals surface area contributed by atoms with Crippen molar-refractivity contribution in [2.75, 3.05) is 13.2 Å². The van der Waals surface area contributed by atoms with E-state index in [4.69, 9.17) is 14.2 Å². The van der Waals surface area contributed by atoms with Crippen molar-refractivity contribution < 1.29 is 28.6 Å². The Hall–Kier alpha value is -2.63. The third kappa shape index (κ3) is 46.4. The molecule has 6 nitrogen and oxygen atoms in total. The van der Waals surface area contributed by atoms with Crippen LogP contribution in [0.2, 0.25) is 0 Å². The van der Waals surface area contributed by atoms with Crippen LogP contribution in [0.4, 0.5) is 0 Å². The van der Waals surface area contributed by atoms with Crippen molar-refractivity contribution >= 4 is 17.9 Å². The van der Waals surface area contributed by atoms with E-state index in [-0.39, 0.29) is 31.1 Å². The van der Waals surface area contributed by atoms with Crippen LogP contribution < -0.4 is 0 Å². The smallest absolute Gasteiger partial charge is 0.306 e. The summed E-state index contributed by atoms with van der Waals surface area (Å²) in [6, 6.07) is 0. The summed E-state index contributed by atoms with van der Waals surface area (Å²) >= 11 is 0. The lowest BCUT2D eigenvalue weighted by atomic mass is 10.1. The van der Waals surface area contributed by atoms with Crippen LogP contribution in [-0.4, -0.2) is 37.2 Å². The van der Waals surface area contributed by atoms with Crippen LogP contribution in [0.25, 0.3) is 0 Å². The van der Waals surface area contributed by atoms with Gasteiger partial charge in [0.1, 0.15) is 13.2 Å². The molecular weight excluding hydrogens is 745 g/mol. The highest BCUT2D eigenvalue weighted by Gasteiger charge is 2.19. The van der Waals surface area contributed by atoms with Gasteiger partial charge in [0, 0.05) is 19.3 Å². The summed E-state index contributed by atoms with van der Waals surface area (Å²) in [6.45, 7) is 6.57. The molecule has 0 saturated heterocycles. The first kappa shape index (κ1) is 57.4. The molecule has 0 aromatic rings. The molecule has 0 aromatic carbocycles. The molecule has 6 heteroatoms. The molecule has 0 aromatic heterocycles. The normalized spacial score (nSPS) is 12.4. The number of hydrogen-bond donors (Lipinski definition) is 0. The lowest BCUT2D eigenvalue weighted by Gasteiger charge is -2.18. The molecule has 0 heterocycles. The summed E-state index contributed by atoms with van der Waals surface area (Å²) in [6.07, 6.45) is 58.1. The number of carbonyl (C=O) groups excluding carboxylic acids is 3. The Kier molecular flexibility index (Phi) is 46.9. The number of carbonyl (C=O) groups is 3. The number of ether oxygens (including phenoxy) is 3. The van der Waals surface area contributed by atoms with E-state index in [1.807, 2.05) is 0 Å². The first-order chi connectivity index (χ1) is 29.5. The van der Waals surface area contributed by atoms with Crippen molar-refractivity contribution in [1.82, 2.24) is 0 Å². The highest BCUT2D eigenvalue weighted by molar-refractivity contribution is 5.71. The fourth-order valence-corrected chi connectivity index (χ4v) is 7.15. The van der Waals surface area contributed by atoms with E-state index in [0.717, 1.165) is 89.9 Å². The van der Waals surface area contributed by atoms with E-state index < -0.39 is 6.10 Å². The number of esters is 3. The molecule has 0 fully saturated rings. The van der Waals surface area contributed by atoms with E-state index in [2.05, 4.69) is 69.4 Å². The maximum atomic E-state index is 12.8. The molecular formula is C54H96O6. The number of unbranched alkanes of at least 4 members (excludes halogenated alkanes) is 27. The number of hydrogen-bond acceptors (Lipinski definition) is 6. The molecule has 348 valence electrons. The Morgan fingerprint density at radius 1 is 0.333 bits per heavy atom. The lowest BCUT2D eigenvalue weighted by Crippen LogP contribution is -2.30. The van der Waals surface area contributed by atoms with E-state index in [0.29, 0.717) is 19.3 Å². The van der Waals surface area contributed by atoms with E-state index >= 15 is 0 Å². The van der Waals surface area contributed by atoms with Crippen LogP contribution in [0.3, 0.4) is 0 Å². The SMILES string of the molecule is CCCCC/C=C\C/C=C\C/C=C\CCCCCCCCC(=O)OC[C@@H](COC(=O)CCCCCCCCCCC)OC(=O)CCCCCCC/C=C\CCCCCCC. The summed E-state index contributed by atoms with van der Waals surface area (Å²) in [7, 11) is 0. The molecule has 1 atom stereocenters. The molecule has 0 spiro atoms. The predicted molar refractivity (Wildman–Crippen MR) is 256 cm³/mol. The number of allylic oxidation sites excluding steroid dienone is 8. The zero-order valence-corrected chi connectivity index (χ0v) is 39.7. The maximum Gasteiger partial charge on any atom is 0.306 e. The molecule has 0 unspecified atom stereocenters. The van der Waals surface area contributed by atoms with Gasteiger partial charge in [-0.15, -0.1) is 0 Å². The van der Waals surface area contributed by atoms with Crippen molar-refractivity contribution in [3.63, 3.8) is 0 Å². The molecule has 0 bridgehead atoms. The molecule has 60 heavy (non-hydrogen) atoms. The Bertz CT molecular complexity index is 1060. The second-order valence-electron chi connectivity index (χ2n) is 17.1. The monoisotopic (exact) mass is 841 g/mol. The Labute approximate surface area is 371 Å². The van der Waals surface area contributed by atoms with Gasteiger partial charge in [0.25, 0.3) is 0 Å². The zero-order valence-electron chi connectivity index (χ0n) is 39.7. The fourth-order valence-electron chi connectivity index (χ4n) is 7.15. The van der Waals surface area contributed by atoms with Crippen molar-refractivity contribution in [3.05, 3.63) is 48.6 Å². The van der Waals surface area contributed by atoms with Gasteiger partial charge < -0.3 is 14.2 Å². The summed E-state index contributed by atoms with van der Waals surface area (Å²) in [5, 5.41) is 0. The first-order valence-electron chi connectivity index (χ1n) is 25.6. The van der Waals surface area contributed by atoms with Crippen LogP contribution in [-0.2, 0) is 28.6 Å². The third-order valence-corrected chi connectivity index (χ3v) is 11.1. The van der Waals surface area contributed by atoms with Crippen LogP contribution in [0, 0.1) is 0 Å². The average molecular weight is 841 g/mol. The Morgan fingerprint density at radius 2 is 0.600 bits per heavy atom. The van der Waals surface area contributed by atoms with Gasteiger partial charge in [0.15, 0.2) is 6.10 Å². The third-order valence-electron chi connectivity index (χ3n) is 11.1. The van der Waals surface area contributed by atoms with Crippen molar-refractivity contribution in [2.24, 2.45) is 0 Å². The van der Waals surface area contributed by atoms with E-state index in [1.54, 1.807) is 0 Å². The maximum absolute atomic E-state index is 12.8. The second-order valence-corrected chi connectivity index (χ2v) is 17.1. The molecule has 0 amide bonds. The first-order valence-corrected chi connectivity index (χ1v) is 25.6. The summed E-state index contributed by atoms with van der Waals surface area (Å²) in [5.41, 5.74) is 0. The molecule has 0 N–H and O–H groups in total. The van der Waals surface area contributed by atoms with Gasteiger partial charge in [-0.1, -0.05) is 204 Å². The van der Waals surface area contributed by atoms with E-state index in [9.17, 15) is 14.4 Å². The van der Waals surface area contributed by atoms with Gasteiger partial charge in [-0.3, -0.25) is 14.4 Å². The summed E-state index contributed by atoms with van der Waals surface area (Å²) in [4.78, 5) is 37.9. The Balaban J connectivity index is 4.34. The van der Waals surface area contributed by atoms with Crippen molar-refractivity contribution in [1.29, 1.82) is 0 Å². The number of rotatable bonds is 46. The molecule has 0 aliphatic carbocycles. The van der Waals surface area contributed by atoms with Gasteiger partial charge in [-0.05, 0) is 83.5 Å². The van der Waals surface area contributed by atoms with Gasteiger partial charge in [0.2, 0.25) is 0 Å². The Morgan fingerprint density at radius 3 is 0.983 bits per heavy atom. The van der Waals surface area contributed by atoms with Gasteiger partial charge in [0.05, 0.1) is 0 Å². The van der Waals surface area contributed by atoms with Gasteiger partial charge in [-0.2, -0.15) is 0 Å². The molecule has 0 aliphatic rings. The van der Waals surface area contributed by atoms with Crippen molar-refractivity contribution in [2.45, 2.75) is 264 Å². The topological polar surface area (TPSA) is 78.9 Å².